The van der Waals surface area contributed by atoms with Crippen LogP contribution >= 0.6 is 0 Å². The van der Waals surface area contributed by atoms with Crippen molar-refractivity contribution in [2.75, 3.05) is 0 Å². The lowest BCUT2D eigenvalue weighted by Gasteiger charge is -2.24. The number of unbranched alkanes of at least 4 members (excludes halogenated alkanes) is 7. The predicted molar refractivity (Wildman–Crippen MR) is 90.4 cm³/mol. The molecule has 0 rings (SSSR count). The Hall–Kier alpha value is -1.36. The van der Waals surface area contributed by atoms with Crippen LogP contribution in [0.3, 0.4) is 0 Å². The molecule has 0 aromatic carbocycles. The minimum absolute atomic E-state index is 0.0559. The molecule has 0 fully saturated rings. The maximum absolute atomic E-state index is 12.2. The molecule has 23 heavy (non-hydrogen) atoms. The van der Waals surface area contributed by atoms with E-state index in [1.54, 1.807) is 0 Å². The van der Waals surface area contributed by atoms with Crippen LogP contribution < -0.4 is 0 Å². The molecule has 0 radical (unpaired) electrons. The van der Waals surface area contributed by atoms with Gasteiger partial charge in [-0.25, -0.2) is 0 Å². The van der Waals surface area contributed by atoms with E-state index in [0.717, 1.165) is 38.5 Å². The lowest BCUT2D eigenvalue weighted by Crippen LogP contribution is -2.41. The number of carbonyl (C=O) groups excluding carboxylic acids is 1. The van der Waals surface area contributed by atoms with Crippen molar-refractivity contribution < 1.29 is 24.9 Å². The molecule has 134 valence electrons. The standard InChI is InChI=1S/C18H32O5/c1-3-5-7-8-9-10-12-15(19)17(22)18(23,14-16(20)21)13-11-6-4-2/h12,19,23H,3-11,13-14H2,1-2H3,(H,20,21)/b15-12-. The van der Waals surface area contributed by atoms with E-state index < -0.39 is 29.5 Å². The quantitative estimate of drug-likeness (QED) is 0.253. The van der Waals surface area contributed by atoms with Crippen LogP contribution in [-0.2, 0) is 9.59 Å². The molecular formula is C18H32O5. The molecule has 5 heteroatoms. The highest BCUT2D eigenvalue weighted by Crippen LogP contribution is 2.24. The lowest BCUT2D eigenvalue weighted by atomic mass is 9.87. The Labute approximate surface area is 139 Å². The molecule has 3 N–H and O–H groups in total. The number of allylic oxidation sites excluding steroid dienone is 1. The second-order valence-corrected chi connectivity index (χ2v) is 6.18. The molecule has 0 heterocycles. The molecular weight excluding hydrogens is 296 g/mol. The van der Waals surface area contributed by atoms with Gasteiger partial charge in [-0.2, -0.15) is 0 Å². The molecule has 0 spiro atoms. The number of rotatable bonds is 14. The topological polar surface area (TPSA) is 94.8 Å². The summed E-state index contributed by atoms with van der Waals surface area (Å²) in [5.74, 6) is -2.63. The molecule has 0 aliphatic heterocycles. The summed E-state index contributed by atoms with van der Waals surface area (Å²) in [5, 5.41) is 29.2. The van der Waals surface area contributed by atoms with Gasteiger partial charge in [-0.05, 0) is 25.3 Å². The zero-order valence-electron chi connectivity index (χ0n) is 14.5. The van der Waals surface area contributed by atoms with Crippen molar-refractivity contribution in [1.82, 2.24) is 0 Å². The van der Waals surface area contributed by atoms with Crippen LogP contribution in [-0.4, -0.2) is 32.7 Å². The third-order valence-electron chi connectivity index (χ3n) is 3.94. The third kappa shape index (κ3) is 9.39. The van der Waals surface area contributed by atoms with Crippen molar-refractivity contribution in [3.8, 4) is 0 Å². The van der Waals surface area contributed by atoms with Crippen LogP contribution in [0.25, 0.3) is 0 Å². The highest BCUT2D eigenvalue weighted by molar-refractivity contribution is 6.01. The van der Waals surface area contributed by atoms with Gasteiger partial charge in [-0.3, -0.25) is 9.59 Å². The van der Waals surface area contributed by atoms with Crippen LogP contribution in [0.2, 0.25) is 0 Å². The van der Waals surface area contributed by atoms with Gasteiger partial charge in [0, 0.05) is 0 Å². The Kier molecular flexibility index (Phi) is 11.4. The molecule has 0 saturated heterocycles. The summed E-state index contributed by atoms with van der Waals surface area (Å²) in [5.41, 5.74) is -2.01. The molecule has 1 unspecified atom stereocenters. The third-order valence-corrected chi connectivity index (χ3v) is 3.94. The summed E-state index contributed by atoms with van der Waals surface area (Å²) in [6.07, 6.45) is 8.93. The van der Waals surface area contributed by atoms with Crippen molar-refractivity contribution >= 4 is 11.8 Å². The SMILES string of the molecule is CCCCCCC/C=C(\O)C(=O)C(O)(CCCCC)CC(=O)O. The van der Waals surface area contributed by atoms with Crippen LogP contribution in [0.4, 0.5) is 0 Å². The molecule has 0 saturated carbocycles. The first-order valence-corrected chi connectivity index (χ1v) is 8.75. The molecule has 0 aromatic rings. The summed E-state index contributed by atoms with van der Waals surface area (Å²) in [4.78, 5) is 23.2. The van der Waals surface area contributed by atoms with E-state index in [1.807, 2.05) is 6.92 Å². The van der Waals surface area contributed by atoms with E-state index in [9.17, 15) is 19.8 Å². The molecule has 0 aromatic heterocycles. The van der Waals surface area contributed by atoms with Crippen molar-refractivity contribution in [2.45, 2.75) is 90.1 Å². The molecule has 1 atom stereocenters. The van der Waals surface area contributed by atoms with Gasteiger partial charge in [0.2, 0.25) is 5.78 Å². The summed E-state index contributed by atoms with van der Waals surface area (Å²) < 4.78 is 0. The fourth-order valence-corrected chi connectivity index (χ4v) is 2.52. The van der Waals surface area contributed by atoms with Gasteiger partial charge in [-0.1, -0.05) is 58.8 Å². The summed E-state index contributed by atoms with van der Waals surface area (Å²) in [7, 11) is 0. The first kappa shape index (κ1) is 21.6. The van der Waals surface area contributed by atoms with Gasteiger partial charge in [0.05, 0.1) is 6.42 Å². The van der Waals surface area contributed by atoms with E-state index in [4.69, 9.17) is 5.11 Å². The van der Waals surface area contributed by atoms with Crippen molar-refractivity contribution in [3.05, 3.63) is 11.8 Å². The lowest BCUT2D eigenvalue weighted by molar-refractivity contribution is -0.151. The number of aliphatic carboxylic acids is 1. The van der Waals surface area contributed by atoms with Crippen LogP contribution in [0.15, 0.2) is 11.8 Å². The first-order chi connectivity index (χ1) is 10.9. The minimum atomic E-state index is -2.01. The Morgan fingerprint density at radius 1 is 0.913 bits per heavy atom. The second kappa shape index (κ2) is 12.1. The Morgan fingerprint density at radius 2 is 1.48 bits per heavy atom. The van der Waals surface area contributed by atoms with Crippen molar-refractivity contribution in [1.29, 1.82) is 0 Å². The predicted octanol–water partition coefficient (Wildman–Crippen LogP) is 4.14. The maximum atomic E-state index is 12.2. The van der Waals surface area contributed by atoms with Gasteiger partial charge in [0.15, 0.2) is 5.76 Å². The number of carbonyl (C=O) groups is 2. The van der Waals surface area contributed by atoms with Crippen LogP contribution in [0.1, 0.15) is 84.5 Å². The number of aliphatic hydroxyl groups is 2. The average Bonchev–Trinajstić information content (AvgIpc) is 2.49. The summed E-state index contributed by atoms with van der Waals surface area (Å²) in [6.45, 7) is 4.11. The number of hydrogen-bond acceptors (Lipinski definition) is 4. The zero-order valence-corrected chi connectivity index (χ0v) is 14.5. The Balaban J connectivity index is 4.62. The van der Waals surface area contributed by atoms with Crippen LogP contribution in [0.5, 0.6) is 0 Å². The fourth-order valence-electron chi connectivity index (χ4n) is 2.52. The Morgan fingerprint density at radius 3 is 2.04 bits per heavy atom. The monoisotopic (exact) mass is 328 g/mol. The number of aliphatic hydroxyl groups excluding tert-OH is 1. The van der Waals surface area contributed by atoms with Gasteiger partial charge < -0.3 is 15.3 Å². The number of hydrogen-bond donors (Lipinski definition) is 3. The fraction of sp³-hybridized carbons (Fsp3) is 0.778. The normalized spacial score (nSPS) is 14.5. The molecule has 0 bridgehead atoms. The van der Waals surface area contributed by atoms with Gasteiger partial charge >= 0.3 is 5.97 Å². The number of carboxylic acids is 1. The maximum Gasteiger partial charge on any atom is 0.306 e. The number of ketones is 1. The van der Waals surface area contributed by atoms with Crippen molar-refractivity contribution in [3.63, 3.8) is 0 Å². The van der Waals surface area contributed by atoms with E-state index in [1.165, 1.54) is 12.5 Å². The van der Waals surface area contributed by atoms with E-state index in [2.05, 4.69) is 6.92 Å². The largest absolute Gasteiger partial charge is 0.505 e. The number of carboxylic acid groups (broad SMARTS) is 1. The minimum Gasteiger partial charge on any atom is -0.505 e. The summed E-state index contributed by atoms with van der Waals surface area (Å²) >= 11 is 0. The smallest absolute Gasteiger partial charge is 0.306 e. The highest BCUT2D eigenvalue weighted by atomic mass is 16.4. The summed E-state index contributed by atoms with van der Waals surface area (Å²) in [6, 6.07) is 0. The number of Topliss-reactive ketones (excluding diaryl/α,β-unsaturated/α-hetero) is 1. The average molecular weight is 328 g/mol. The van der Waals surface area contributed by atoms with E-state index in [0.29, 0.717) is 12.8 Å². The molecule has 0 aliphatic carbocycles. The zero-order chi connectivity index (χ0) is 17.7. The molecule has 0 aliphatic rings. The molecule has 5 nitrogen and oxygen atoms in total. The highest BCUT2D eigenvalue weighted by Gasteiger charge is 2.39. The van der Waals surface area contributed by atoms with Gasteiger partial charge in [0.1, 0.15) is 5.60 Å². The first-order valence-electron chi connectivity index (χ1n) is 8.75. The van der Waals surface area contributed by atoms with Crippen molar-refractivity contribution in [2.24, 2.45) is 0 Å². The van der Waals surface area contributed by atoms with E-state index in [-0.39, 0.29) is 6.42 Å². The van der Waals surface area contributed by atoms with Gasteiger partial charge in [0.25, 0.3) is 0 Å². The Bertz CT molecular complexity index is 389. The van der Waals surface area contributed by atoms with E-state index >= 15 is 0 Å². The second-order valence-electron chi connectivity index (χ2n) is 6.18. The molecule has 0 amide bonds. The van der Waals surface area contributed by atoms with Gasteiger partial charge in [-0.15, -0.1) is 0 Å². The van der Waals surface area contributed by atoms with Crippen LogP contribution in [0, 0.1) is 0 Å².